The lowest BCUT2D eigenvalue weighted by molar-refractivity contribution is 0.102. The molecule has 0 spiro atoms. The molecule has 1 saturated carbocycles. The van der Waals surface area contributed by atoms with Crippen molar-refractivity contribution in [1.82, 2.24) is 19.3 Å². The maximum atomic E-state index is 13.1. The molecule has 0 bridgehead atoms. The highest BCUT2D eigenvalue weighted by atomic mass is 32.2. The van der Waals surface area contributed by atoms with E-state index in [0.717, 1.165) is 34.8 Å². The van der Waals surface area contributed by atoms with E-state index in [4.69, 9.17) is 14.2 Å². The van der Waals surface area contributed by atoms with E-state index in [1.165, 1.54) is 24.6 Å². The van der Waals surface area contributed by atoms with Crippen molar-refractivity contribution >= 4 is 17.5 Å². The van der Waals surface area contributed by atoms with Gasteiger partial charge in [-0.05, 0) is 57.4 Å². The third-order valence-electron chi connectivity index (χ3n) is 6.12. The Morgan fingerprint density at radius 3 is 2.53 bits per heavy atom. The average molecular weight is 485 g/mol. The third-order valence-corrected chi connectivity index (χ3v) is 7.08. The van der Waals surface area contributed by atoms with Crippen molar-refractivity contribution in [3.8, 4) is 22.9 Å². The van der Waals surface area contributed by atoms with Gasteiger partial charge < -0.3 is 23.3 Å². The van der Waals surface area contributed by atoms with Crippen LogP contribution < -0.4 is 9.47 Å². The molecule has 1 fully saturated rings. The van der Waals surface area contributed by atoms with Crippen LogP contribution in [0.1, 0.15) is 47.1 Å². The highest BCUT2D eigenvalue weighted by molar-refractivity contribution is 7.99. The summed E-state index contributed by atoms with van der Waals surface area (Å²) in [5.74, 6) is 2.43. The second kappa shape index (κ2) is 10.7. The lowest BCUT2D eigenvalue weighted by Gasteiger charge is -2.12. The second-order valence-electron chi connectivity index (χ2n) is 8.47. The SMILES string of the molecule is COCCCn1c(SCC(=O)c2cc(C)n(C3CC3)c2C)nnc1-c1ccc(OC)c(OC)c1. The first kappa shape index (κ1) is 24.3. The Bertz CT molecular complexity index is 1170. The van der Waals surface area contributed by atoms with Crippen LogP contribution in [0.3, 0.4) is 0 Å². The topological polar surface area (TPSA) is 80.4 Å². The number of Topliss-reactive ketones (excluding diaryl/α,β-unsaturated/α-hetero) is 1. The molecule has 2 aromatic heterocycles. The molecule has 1 aromatic carbocycles. The molecule has 2 heterocycles. The van der Waals surface area contributed by atoms with Gasteiger partial charge in [-0.3, -0.25) is 4.79 Å². The van der Waals surface area contributed by atoms with E-state index >= 15 is 0 Å². The molecule has 9 heteroatoms. The third kappa shape index (κ3) is 5.00. The van der Waals surface area contributed by atoms with Gasteiger partial charge in [-0.2, -0.15) is 0 Å². The number of rotatable bonds is 12. The Morgan fingerprint density at radius 2 is 1.85 bits per heavy atom. The van der Waals surface area contributed by atoms with E-state index in [0.29, 0.717) is 41.6 Å². The molecule has 4 rings (SSSR count). The molecule has 0 saturated heterocycles. The smallest absolute Gasteiger partial charge is 0.191 e. The van der Waals surface area contributed by atoms with Gasteiger partial charge >= 0.3 is 0 Å². The van der Waals surface area contributed by atoms with Gasteiger partial charge in [-0.15, -0.1) is 10.2 Å². The summed E-state index contributed by atoms with van der Waals surface area (Å²) in [4.78, 5) is 13.1. The van der Waals surface area contributed by atoms with E-state index in [9.17, 15) is 4.79 Å². The molecule has 0 amide bonds. The minimum atomic E-state index is 0.115. The lowest BCUT2D eigenvalue weighted by Crippen LogP contribution is -2.08. The molecule has 0 radical (unpaired) electrons. The van der Waals surface area contributed by atoms with Gasteiger partial charge in [0, 0.05) is 48.8 Å². The zero-order valence-corrected chi connectivity index (χ0v) is 21.3. The molecular weight excluding hydrogens is 452 g/mol. The Balaban J connectivity index is 1.56. The Hall–Kier alpha value is -2.78. The summed E-state index contributed by atoms with van der Waals surface area (Å²) in [6, 6.07) is 8.26. The summed E-state index contributed by atoms with van der Waals surface area (Å²) < 4.78 is 20.4. The van der Waals surface area contributed by atoms with Crippen molar-refractivity contribution in [2.24, 2.45) is 0 Å². The monoisotopic (exact) mass is 484 g/mol. The minimum Gasteiger partial charge on any atom is -0.493 e. The highest BCUT2D eigenvalue weighted by Gasteiger charge is 2.28. The number of aromatic nitrogens is 4. The minimum absolute atomic E-state index is 0.115. The van der Waals surface area contributed by atoms with Crippen molar-refractivity contribution < 1.29 is 19.0 Å². The van der Waals surface area contributed by atoms with Crippen molar-refractivity contribution in [2.75, 3.05) is 33.7 Å². The van der Waals surface area contributed by atoms with Crippen LogP contribution in [0.25, 0.3) is 11.4 Å². The Morgan fingerprint density at radius 1 is 1.09 bits per heavy atom. The van der Waals surface area contributed by atoms with Gasteiger partial charge in [0.05, 0.1) is 20.0 Å². The van der Waals surface area contributed by atoms with Crippen LogP contribution in [0.4, 0.5) is 0 Å². The van der Waals surface area contributed by atoms with Crippen molar-refractivity contribution in [3.05, 3.63) is 41.2 Å². The van der Waals surface area contributed by atoms with Gasteiger partial charge in [-0.1, -0.05) is 11.8 Å². The van der Waals surface area contributed by atoms with Crippen molar-refractivity contribution in [3.63, 3.8) is 0 Å². The zero-order valence-electron chi connectivity index (χ0n) is 20.5. The van der Waals surface area contributed by atoms with E-state index in [1.54, 1.807) is 21.3 Å². The largest absolute Gasteiger partial charge is 0.493 e. The summed E-state index contributed by atoms with van der Waals surface area (Å²) in [7, 11) is 4.91. The van der Waals surface area contributed by atoms with Crippen LogP contribution in [0.5, 0.6) is 11.5 Å². The van der Waals surface area contributed by atoms with Gasteiger partial charge in [0.15, 0.2) is 28.3 Å². The number of hydrogen-bond donors (Lipinski definition) is 0. The molecule has 182 valence electrons. The number of carbonyl (C=O) groups is 1. The molecule has 8 nitrogen and oxygen atoms in total. The van der Waals surface area contributed by atoms with E-state index in [1.807, 2.05) is 35.8 Å². The normalized spacial score (nSPS) is 13.3. The summed E-state index contributed by atoms with van der Waals surface area (Å²) in [5.41, 5.74) is 3.90. The first-order valence-electron chi connectivity index (χ1n) is 11.5. The lowest BCUT2D eigenvalue weighted by atomic mass is 10.2. The summed E-state index contributed by atoms with van der Waals surface area (Å²) >= 11 is 1.42. The van der Waals surface area contributed by atoms with Crippen LogP contribution >= 0.6 is 11.8 Å². The molecule has 1 aliphatic rings. The fourth-order valence-electron chi connectivity index (χ4n) is 4.31. The Kier molecular flexibility index (Phi) is 7.63. The predicted octanol–water partition coefficient (Wildman–Crippen LogP) is 4.73. The number of carbonyl (C=O) groups excluding carboxylic acids is 1. The van der Waals surface area contributed by atoms with Crippen LogP contribution in [-0.4, -0.2) is 58.8 Å². The number of thioether (sulfide) groups is 1. The summed E-state index contributed by atoms with van der Waals surface area (Å²) in [6.07, 6.45) is 3.20. The van der Waals surface area contributed by atoms with Gasteiger partial charge in [0.2, 0.25) is 0 Å². The number of ether oxygens (including phenoxy) is 3. The summed E-state index contributed by atoms with van der Waals surface area (Å²) in [5, 5.41) is 9.59. The fraction of sp³-hybridized carbons (Fsp3) is 0.480. The average Bonchev–Trinajstić information content (AvgIpc) is 3.52. The highest BCUT2D eigenvalue weighted by Crippen LogP contribution is 2.39. The van der Waals surface area contributed by atoms with Gasteiger partial charge in [-0.25, -0.2) is 0 Å². The molecule has 0 atom stereocenters. The fourth-order valence-corrected chi connectivity index (χ4v) is 5.16. The number of hydrogen-bond acceptors (Lipinski definition) is 7. The summed E-state index contributed by atoms with van der Waals surface area (Å²) in [6.45, 7) is 5.43. The number of methoxy groups -OCH3 is 3. The maximum absolute atomic E-state index is 13.1. The maximum Gasteiger partial charge on any atom is 0.191 e. The molecule has 0 N–H and O–H groups in total. The van der Waals surface area contributed by atoms with Crippen LogP contribution in [0, 0.1) is 13.8 Å². The number of nitrogens with zero attached hydrogens (tertiary/aromatic N) is 4. The standard InChI is InChI=1S/C25H32N4O4S/c1-16-13-20(17(2)29(16)19-8-9-19)21(30)15-34-25-27-26-24(28(25)11-6-12-31-3)18-7-10-22(32-4)23(14-18)33-5/h7,10,13-14,19H,6,8-9,11-12,15H2,1-5H3. The van der Waals surface area contributed by atoms with Gasteiger partial charge in [0.25, 0.3) is 0 Å². The first-order valence-corrected chi connectivity index (χ1v) is 12.5. The molecular formula is C25H32N4O4S. The Labute approximate surface area is 204 Å². The van der Waals surface area contributed by atoms with E-state index in [2.05, 4.69) is 21.7 Å². The van der Waals surface area contributed by atoms with Crippen molar-refractivity contribution in [1.29, 1.82) is 0 Å². The van der Waals surface area contributed by atoms with Crippen LogP contribution in [0.15, 0.2) is 29.4 Å². The second-order valence-corrected chi connectivity index (χ2v) is 9.41. The van der Waals surface area contributed by atoms with E-state index < -0.39 is 0 Å². The molecule has 3 aromatic rings. The molecule has 0 aliphatic heterocycles. The van der Waals surface area contributed by atoms with Crippen LogP contribution in [0.2, 0.25) is 0 Å². The van der Waals surface area contributed by atoms with Gasteiger partial charge in [0.1, 0.15) is 0 Å². The van der Waals surface area contributed by atoms with Crippen LogP contribution in [-0.2, 0) is 11.3 Å². The number of aryl methyl sites for hydroxylation is 1. The number of ketones is 1. The quantitative estimate of drug-likeness (QED) is 0.209. The molecule has 1 aliphatic carbocycles. The van der Waals surface area contributed by atoms with E-state index in [-0.39, 0.29) is 5.78 Å². The molecule has 0 unspecified atom stereocenters. The predicted molar refractivity (Wildman–Crippen MR) is 132 cm³/mol. The first-order chi connectivity index (χ1) is 16.5. The van der Waals surface area contributed by atoms with Crippen molar-refractivity contribution in [2.45, 2.75) is 50.9 Å². The zero-order chi connectivity index (χ0) is 24.2. The molecule has 34 heavy (non-hydrogen) atoms. The number of benzene rings is 1.